The summed E-state index contributed by atoms with van der Waals surface area (Å²) in [5, 5.41) is 44.6. The summed E-state index contributed by atoms with van der Waals surface area (Å²) in [4.78, 5) is 29.2. The third-order valence-electron chi connectivity index (χ3n) is 7.34. The van der Waals surface area contributed by atoms with Crippen molar-refractivity contribution < 1.29 is 34.4 Å². The molecule has 9 nitrogen and oxygen atoms in total. The topological polar surface area (TPSA) is 148 Å². The molecule has 1 amide bonds. The quantitative estimate of drug-likeness (QED) is 0.374. The summed E-state index contributed by atoms with van der Waals surface area (Å²) in [5.41, 5.74) is 1.67. The van der Waals surface area contributed by atoms with Crippen LogP contribution in [0.4, 0.5) is 4.39 Å². The van der Waals surface area contributed by atoms with Crippen molar-refractivity contribution >= 4 is 30.4 Å². The van der Waals surface area contributed by atoms with E-state index in [-0.39, 0.29) is 47.4 Å². The third-order valence-corrected chi connectivity index (χ3v) is 7.34. The SMILES string of the molecule is [B]=C1C(C(N)=O)=C(O)[C@@H](N(C)C)[C@@H]2C[C@@H]3Cc4c(F)cc(CN(C)C)c(O)c4C(O)=C3C(=O)[C@]12O. The number of ketones is 1. The zero-order chi connectivity index (χ0) is 26.1. The van der Waals surface area contributed by atoms with Crippen LogP contribution in [0, 0.1) is 17.7 Å². The number of rotatable bonds is 4. The van der Waals surface area contributed by atoms with E-state index in [2.05, 4.69) is 0 Å². The van der Waals surface area contributed by atoms with Crippen molar-refractivity contribution in [1.29, 1.82) is 0 Å². The van der Waals surface area contributed by atoms with Crippen LogP contribution in [-0.4, -0.2) is 94.7 Å². The molecule has 185 valence electrons. The minimum absolute atomic E-state index is 0.0259. The summed E-state index contributed by atoms with van der Waals surface area (Å²) in [6.07, 6.45) is 0.00225. The molecule has 0 saturated heterocycles. The fourth-order valence-corrected chi connectivity index (χ4v) is 5.88. The molecule has 3 aliphatic rings. The summed E-state index contributed by atoms with van der Waals surface area (Å²) < 4.78 is 15.1. The number of hydrogen-bond donors (Lipinski definition) is 5. The van der Waals surface area contributed by atoms with E-state index < -0.39 is 63.5 Å². The molecule has 0 aromatic heterocycles. The summed E-state index contributed by atoms with van der Waals surface area (Å²) in [6.45, 7) is 0.180. The van der Waals surface area contributed by atoms with Gasteiger partial charge >= 0.3 is 203 Å². The normalized spacial score (nSPS) is 28.4. The average Bonchev–Trinajstić information content (AvgIpc) is 2.73. The van der Waals surface area contributed by atoms with Crippen LogP contribution in [0.5, 0.6) is 5.75 Å². The van der Waals surface area contributed by atoms with Crippen molar-refractivity contribution in [3.8, 4) is 5.75 Å². The number of phenolic OH excluding ortho intramolecular Hbond substituents is 1. The second-order valence-corrected chi connectivity index (χ2v) is 10.0. The van der Waals surface area contributed by atoms with Gasteiger partial charge in [-0.3, -0.25) is 0 Å². The molecular formula is C24H28BFN3O6. The van der Waals surface area contributed by atoms with Gasteiger partial charge in [-0.25, -0.2) is 0 Å². The Bertz CT molecular complexity index is 1240. The molecule has 1 saturated carbocycles. The fourth-order valence-electron chi connectivity index (χ4n) is 5.88. The molecule has 0 bridgehead atoms. The van der Waals surface area contributed by atoms with E-state index in [4.69, 9.17) is 13.2 Å². The zero-order valence-electron chi connectivity index (χ0n) is 20.0. The Morgan fingerprint density at radius 2 is 1.89 bits per heavy atom. The Balaban J connectivity index is 1.94. The van der Waals surface area contributed by atoms with E-state index in [1.54, 1.807) is 33.1 Å². The number of aromatic hydroxyl groups is 1. The molecule has 0 aliphatic heterocycles. The molecule has 4 rings (SSSR count). The maximum atomic E-state index is 15.1. The van der Waals surface area contributed by atoms with Gasteiger partial charge in [0.25, 0.3) is 0 Å². The van der Waals surface area contributed by atoms with Gasteiger partial charge in [0.1, 0.15) is 0 Å². The van der Waals surface area contributed by atoms with Crippen LogP contribution in [-0.2, 0) is 22.6 Å². The third kappa shape index (κ3) is 3.44. The van der Waals surface area contributed by atoms with Crippen molar-refractivity contribution in [3.63, 3.8) is 0 Å². The summed E-state index contributed by atoms with van der Waals surface area (Å²) >= 11 is 0. The average molecular weight is 484 g/mol. The van der Waals surface area contributed by atoms with Crippen LogP contribution < -0.4 is 5.73 Å². The number of phenols is 1. The molecule has 11 heteroatoms. The predicted molar refractivity (Wildman–Crippen MR) is 127 cm³/mol. The molecule has 1 radical (unpaired) electrons. The van der Waals surface area contributed by atoms with Gasteiger partial charge in [-0.15, -0.1) is 0 Å². The Kier molecular flexibility index (Phi) is 5.94. The van der Waals surface area contributed by atoms with Crippen molar-refractivity contribution in [2.24, 2.45) is 17.6 Å². The van der Waals surface area contributed by atoms with Crippen LogP contribution >= 0.6 is 0 Å². The Morgan fingerprint density at radius 1 is 1.26 bits per heavy atom. The van der Waals surface area contributed by atoms with Gasteiger partial charge in [0, 0.05) is 0 Å². The molecule has 1 aromatic rings. The molecule has 0 unspecified atom stereocenters. The van der Waals surface area contributed by atoms with E-state index in [9.17, 15) is 30.0 Å². The Morgan fingerprint density at radius 3 is 2.43 bits per heavy atom. The number of Topliss-reactive ketones (excluding diaryl/α,β-unsaturated/α-hetero) is 1. The molecule has 35 heavy (non-hydrogen) atoms. The van der Waals surface area contributed by atoms with Crippen molar-refractivity contribution in [1.82, 2.24) is 9.80 Å². The fraction of sp³-hybridized carbons (Fsp3) is 0.458. The molecule has 3 aliphatic carbocycles. The predicted octanol–water partition coefficient (Wildman–Crippen LogP) is -0.0635. The number of aliphatic hydroxyl groups is 3. The number of nitrogens with zero attached hydrogens (tertiary/aromatic N) is 2. The van der Waals surface area contributed by atoms with E-state index >= 15 is 4.39 Å². The van der Waals surface area contributed by atoms with Gasteiger partial charge in [0.05, 0.1) is 0 Å². The van der Waals surface area contributed by atoms with Crippen LogP contribution in [0.2, 0.25) is 0 Å². The first kappa shape index (κ1) is 25.1. The Hall–Kier alpha value is -3.02. The van der Waals surface area contributed by atoms with Crippen LogP contribution in [0.3, 0.4) is 0 Å². The van der Waals surface area contributed by atoms with E-state index in [1.165, 1.54) is 11.0 Å². The number of likely N-dealkylation sites (N-methyl/N-ethyl adjacent to an activating group) is 1. The summed E-state index contributed by atoms with van der Waals surface area (Å²) in [5.74, 6) is -5.93. The molecule has 1 aromatic carbocycles. The van der Waals surface area contributed by atoms with E-state index in [0.717, 1.165) is 0 Å². The number of carbonyl (C=O) groups is 2. The molecule has 6 N–H and O–H groups in total. The standard InChI is InChI=1S/C24H28BFN3O6/c1-28(2)8-10-7-13(26)11-5-9-6-12-17(29(3)4)20(32)16(23(27)34)21(25)24(12,35)22(33)14(9)19(31)15(11)18(10)30/h7,9,12,17,30-32,35H,5-6,8H2,1-4H3,(H2,27,34)/t9-,12-,17-,24+/m0/s1. The first-order valence-corrected chi connectivity index (χ1v) is 11.1. The number of fused-ring (bicyclic) bond motifs is 3. The summed E-state index contributed by atoms with van der Waals surface area (Å²) in [7, 11) is 12.7. The van der Waals surface area contributed by atoms with Gasteiger partial charge in [-0.1, -0.05) is 0 Å². The van der Waals surface area contributed by atoms with Gasteiger partial charge in [-0.05, 0) is 0 Å². The number of halogens is 1. The summed E-state index contributed by atoms with van der Waals surface area (Å²) in [6, 6.07) is 0.209. The van der Waals surface area contributed by atoms with Crippen LogP contribution in [0.1, 0.15) is 23.1 Å². The molecule has 4 atom stereocenters. The van der Waals surface area contributed by atoms with Crippen LogP contribution in [0.15, 0.2) is 23.0 Å². The number of hydrogen-bond acceptors (Lipinski definition) is 8. The van der Waals surface area contributed by atoms with Gasteiger partial charge in [-0.2, -0.15) is 0 Å². The number of carbonyl (C=O) groups excluding carboxylic acids is 2. The zero-order valence-corrected chi connectivity index (χ0v) is 20.0. The van der Waals surface area contributed by atoms with Crippen molar-refractivity contribution in [2.45, 2.75) is 31.0 Å². The second kappa shape index (κ2) is 8.29. The molecule has 1 fully saturated rings. The number of aliphatic hydroxyl groups excluding tert-OH is 2. The first-order valence-electron chi connectivity index (χ1n) is 11.1. The maximum absolute atomic E-state index is 15.1. The second-order valence-electron chi connectivity index (χ2n) is 10.0. The van der Waals surface area contributed by atoms with E-state index in [0.29, 0.717) is 0 Å². The number of benzene rings is 1. The first-order chi connectivity index (χ1) is 16.2. The minimum atomic E-state index is -2.46. The number of primary amides is 1. The monoisotopic (exact) mass is 484 g/mol. The van der Waals surface area contributed by atoms with Gasteiger partial charge in [0.15, 0.2) is 0 Å². The van der Waals surface area contributed by atoms with Crippen molar-refractivity contribution in [2.75, 3.05) is 28.2 Å². The van der Waals surface area contributed by atoms with Crippen molar-refractivity contribution in [3.05, 3.63) is 45.5 Å². The molecular weight excluding hydrogens is 456 g/mol. The van der Waals surface area contributed by atoms with E-state index in [1.807, 2.05) is 0 Å². The number of nitrogens with two attached hydrogens (primary N) is 1. The van der Waals surface area contributed by atoms with Crippen LogP contribution in [0.25, 0.3) is 5.76 Å². The van der Waals surface area contributed by atoms with Gasteiger partial charge in [0.2, 0.25) is 0 Å². The number of amides is 1. The molecule has 0 spiro atoms. The molecule has 0 heterocycles. The Labute approximate surface area is 203 Å². The van der Waals surface area contributed by atoms with Gasteiger partial charge < -0.3 is 0 Å².